The zero-order valence-electron chi connectivity index (χ0n) is 10.7. The number of halogens is 2. The van der Waals surface area contributed by atoms with Crippen LogP contribution in [-0.4, -0.2) is 16.9 Å². The van der Waals surface area contributed by atoms with E-state index in [2.05, 4.69) is 26.9 Å². The van der Waals surface area contributed by atoms with Crippen LogP contribution in [0.5, 0.6) is 0 Å². The summed E-state index contributed by atoms with van der Waals surface area (Å²) in [5, 5.41) is 13.1. The summed E-state index contributed by atoms with van der Waals surface area (Å²) in [6, 6.07) is 7.00. The molecule has 2 rings (SSSR count). The van der Waals surface area contributed by atoms with Crippen LogP contribution >= 0.6 is 38.9 Å². The Morgan fingerprint density at radius 2 is 2.15 bits per heavy atom. The van der Waals surface area contributed by atoms with E-state index < -0.39 is 4.92 Å². The van der Waals surface area contributed by atoms with Gasteiger partial charge in [0.2, 0.25) is 0 Å². The second kappa shape index (κ2) is 6.67. The summed E-state index contributed by atoms with van der Waals surface area (Å²) in [6.45, 7) is 1.43. The minimum atomic E-state index is -0.456. The van der Waals surface area contributed by atoms with E-state index in [1.807, 2.05) is 18.5 Å². The molecular formula is C13H12BrClN2O2S. The number of thiophene rings is 1. The van der Waals surface area contributed by atoms with Crippen molar-refractivity contribution in [3.8, 4) is 0 Å². The number of nitro benzene ring substituents is 1. The van der Waals surface area contributed by atoms with Crippen LogP contribution in [-0.2, 0) is 13.1 Å². The number of nitro groups is 1. The van der Waals surface area contributed by atoms with Crippen LogP contribution in [0.1, 0.15) is 10.4 Å². The number of rotatable bonds is 5. The van der Waals surface area contributed by atoms with Crippen LogP contribution in [0.3, 0.4) is 0 Å². The highest BCUT2D eigenvalue weighted by Gasteiger charge is 2.13. The third-order valence-corrected chi connectivity index (χ3v) is 4.71. The van der Waals surface area contributed by atoms with Crippen molar-refractivity contribution < 1.29 is 4.92 Å². The summed E-state index contributed by atoms with van der Waals surface area (Å²) in [4.78, 5) is 13.7. The average molecular weight is 376 g/mol. The van der Waals surface area contributed by atoms with Gasteiger partial charge in [-0.25, -0.2) is 0 Å². The molecule has 0 bridgehead atoms. The summed E-state index contributed by atoms with van der Waals surface area (Å²) in [5.74, 6) is 0. The summed E-state index contributed by atoms with van der Waals surface area (Å²) >= 11 is 10.9. The SMILES string of the molecule is CN(Cc1ccc(Cl)c([N+](=O)[O-])c1)Cc1cc(Br)cs1. The van der Waals surface area contributed by atoms with Crippen molar-refractivity contribution in [3.63, 3.8) is 0 Å². The van der Waals surface area contributed by atoms with E-state index in [1.54, 1.807) is 17.4 Å². The molecule has 2 aromatic rings. The minimum absolute atomic E-state index is 0.0450. The van der Waals surface area contributed by atoms with Gasteiger partial charge in [0.1, 0.15) is 5.02 Å². The quantitative estimate of drug-likeness (QED) is 0.562. The van der Waals surface area contributed by atoms with Crippen molar-refractivity contribution in [1.82, 2.24) is 4.90 Å². The molecule has 0 radical (unpaired) electrons. The van der Waals surface area contributed by atoms with Gasteiger partial charge in [-0.2, -0.15) is 0 Å². The van der Waals surface area contributed by atoms with Gasteiger partial charge in [0.15, 0.2) is 0 Å². The molecule has 0 N–H and O–H groups in total. The molecule has 0 saturated carbocycles. The third kappa shape index (κ3) is 4.02. The van der Waals surface area contributed by atoms with Crippen LogP contribution in [0.15, 0.2) is 34.1 Å². The van der Waals surface area contributed by atoms with E-state index in [1.165, 1.54) is 10.9 Å². The first-order chi connectivity index (χ1) is 9.45. The lowest BCUT2D eigenvalue weighted by Gasteiger charge is -2.15. The van der Waals surface area contributed by atoms with E-state index in [0.717, 1.165) is 16.6 Å². The van der Waals surface area contributed by atoms with Gasteiger partial charge in [-0.3, -0.25) is 15.0 Å². The lowest BCUT2D eigenvalue weighted by molar-refractivity contribution is -0.384. The zero-order valence-corrected chi connectivity index (χ0v) is 13.8. The van der Waals surface area contributed by atoms with Gasteiger partial charge < -0.3 is 0 Å². The summed E-state index contributed by atoms with van der Waals surface area (Å²) in [5.41, 5.74) is 0.829. The number of hydrogen-bond acceptors (Lipinski definition) is 4. The molecule has 0 spiro atoms. The van der Waals surface area contributed by atoms with Crippen molar-refractivity contribution in [3.05, 3.63) is 59.7 Å². The van der Waals surface area contributed by atoms with Crippen molar-refractivity contribution in [2.24, 2.45) is 0 Å². The summed E-state index contributed by atoms with van der Waals surface area (Å²) < 4.78 is 1.08. The van der Waals surface area contributed by atoms with E-state index in [0.29, 0.717) is 6.54 Å². The average Bonchev–Trinajstić information content (AvgIpc) is 2.76. The van der Waals surface area contributed by atoms with E-state index in [9.17, 15) is 10.1 Å². The van der Waals surface area contributed by atoms with E-state index >= 15 is 0 Å². The fourth-order valence-electron chi connectivity index (χ4n) is 1.87. The number of nitrogens with zero attached hydrogens (tertiary/aromatic N) is 2. The van der Waals surface area contributed by atoms with Crippen LogP contribution in [0.2, 0.25) is 5.02 Å². The maximum absolute atomic E-state index is 10.9. The van der Waals surface area contributed by atoms with Gasteiger partial charge in [-0.1, -0.05) is 17.7 Å². The molecule has 7 heteroatoms. The predicted molar refractivity (Wildman–Crippen MR) is 85.3 cm³/mol. The van der Waals surface area contributed by atoms with E-state index in [4.69, 9.17) is 11.6 Å². The smallest absolute Gasteiger partial charge is 0.288 e. The van der Waals surface area contributed by atoms with E-state index in [-0.39, 0.29) is 10.7 Å². The molecule has 1 aromatic carbocycles. The number of hydrogen-bond donors (Lipinski definition) is 0. The van der Waals surface area contributed by atoms with Gasteiger partial charge in [0, 0.05) is 33.9 Å². The second-order valence-electron chi connectivity index (χ2n) is 4.45. The lowest BCUT2D eigenvalue weighted by Crippen LogP contribution is -2.16. The topological polar surface area (TPSA) is 46.4 Å². The number of benzene rings is 1. The van der Waals surface area contributed by atoms with Crippen LogP contribution in [0.4, 0.5) is 5.69 Å². The highest BCUT2D eigenvalue weighted by molar-refractivity contribution is 9.10. The molecule has 0 saturated heterocycles. The maximum atomic E-state index is 10.9. The fourth-order valence-corrected chi connectivity index (χ4v) is 3.58. The van der Waals surface area contributed by atoms with Gasteiger partial charge in [0.25, 0.3) is 5.69 Å². The third-order valence-electron chi connectivity index (χ3n) is 2.71. The zero-order chi connectivity index (χ0) is 14.7. The predicted octanol–water partition coefficient (Wildman–Crippen LogP) is 4.70. The molecule has 4 nitrogen and oxygen atoms in total. The maximum Gasteiger partial charge on any atom is 0.288 e. The summed E-state index contributed by atoms with van der Waals surface area (Å²) in [6.07, 6.45) is 0. The molecule has 106 valence electrons. The second-order valence-corrected chi connectivity index (χ2v) is 6.77. The highest BCUT2D eigenvalue weighted by atomic mass is 79.9. The van der Waals surface area contributed by atoms with Crippen LogP contribution in [0.25, 0.3) is 0 Å². The first-order valence-electron chi connectivity index (χ1n) is 5.80. The first kappa shape index (κ1) is 15.4. The van der Waals surface area contributed by atoms with Crippen LogP contribution in [0, 0.1) is 10.1 Å². The first-order valence-corrected chi connectivity index (χ1v) is 7.85. The van der Waals surface area contributed by atoms with Crippen molar-refractivity contribution in [2.45, 2.75) is 13.1 Å². The Morgan fingerprint density at radius 3 is 2.75 bits per heavy atom. The normalized spacial score (nSPS) is 11.0. The van der Waals surface area contributed by atoms with Crippen molar-refractivity contribution in [2.75, 3.05) is 7.05 Å². The molecule has 1 heterocycles. The largest absolute Gasteiger partial charge is 0.297 e. The molecule has 0 atom stereocenters. The molecule has 20 heavy (non-hydrogen) atoms. The lowest BCUT2D eigenvalue weighted by atomic mass is 10.2. The minimum Gasteiger partial charge on any atom is -0.297 e. The molecule has 0 amide bonds. The molecule has 0 aliphatic heterocycles. The Bertz CT molecular complexity index is 633. The molecule has 1 aromatic heterocycles. The van der Waals surface area contributed by atoms with Gasteiger partial charge >= 0.3 is 0 Å². The van der Waals surface area contributed by atoms with Gasteiger partial charge in [-0.05, 0) is 40.7 Å². The molecular weight excluding hydrogens is 364 g/mol. The Kier molecular flexibility index (Phi) is 5.15. The monoisotopic (exact) mass is 374 g/mol. The van der Waals surface area contributed by atoms with Crippen molar-refractivity contribution in [1.29, 1.82) is 0 Å². The fraction of sp³-hybridized carbons (Fsp3) is 0.231. The highest BCUT2D eigenvalue weighted by Crippen LogP contribution is 2.26. The Balaban J connectivity index is 2.06. The molecule has 0 unspecified atom stereocenters. The Hall–Kier alpha value is -0.950. The standard InChI is InChI=1S/C13H12BrClN2O2S/c1-16(7-11-5-10(14)8-20-11)6-9-2-3-12(15)13(4-9)17(18)19/h2-5,8H,6-7H2,1H3. The molecule has 0 aliphatic carbocycles. The molecule has 0 aliphatic rings. The molecule has 0 fully saturated rings. The summed E-state index contributed by atoms with van der Waals surface area (Å²) in [7, 11) is 1.98. The Labute approximate surface area is 134 Å². The van der Waals surface area contributed by atoms with Gasteiger partial charge in [-0.15, -0.1) is 11.3 Å². The van der Waals surface area contributed by atoms with Crippen molar-refractivity contribution >= 4 is 44.6 Å². The van der Waals surface area contributed by atoms with Gasteiger partial charge in [0.05, 0.1) is 4.92 Å². The van der Waals surface area contributed by atoms with Crippen LogP contribution < -0.4 is 0 Å². The Morgan fingerprint density at radius 1 is 1.40 bits per heavy atom.